The highest BCUT2D eigenvalue weighted by Gasteiger charge is 2.23. The van der Waals surface area contributed by atoms with Gasteiger partial charge < -0.3 is 9.64 Å². The molecule has 0 saturated carbocycles. The Balaban J connectivity index is 1.43. The predicted molar refractivity (Wildman–Crippen MR) is 99.6 cm³/mol. The van der Waals surface area contributed by atoms with E-state index in [1.807, 2.05) is 30.3 Å². The predicted octanol–water partition coefficient (Wildman–Crippen LogP) is 2.13. The van der Waals surface area contributed by atoms with E-state index in [2.05, 4.69) is 25.3 Å². The molecule has 7 nitrogen and oxygen atoms in total. The molecule has 0 N–H and O–H groups in total. The van der Waals surface area contributed by atoms with Crippen LogP contribution in [0.3, 0.4) is 0 Å². The largest absolute Gasteiger partial charge is 0.496 e. The zero-order valence-electron chi connectivity index (χ0n) is 15.1. The van der Waals surface area contributed by atoms with Gasteiger partial charge in [-0.3, -0.25) is 4.90 Å². The van der Waals surface area contributed by atoms with Crippen LogP contribution in [0.15, 0.2) is 48.5 Å². The average molecular weight is 368 g/mol. The summed E-state index contributed by atoms with van der Waals surface area (Å²) in [4.78, 5) is 4.46. The maximum atomic E-state index is 13.6. The van der Waals surface area contributed by atoms with Gasteiger partial charge >= 0.3 is 0 Å². The number of para-hydroxylation sites is 1. The number of ether oxygens (including phenoxy) is 1. The van der Waals surface area contributed by atoms with Crippen molar-refractivity contribution in [2.45, 2.75) is 6.54 Å². The number of hydrogen-bond acceptors (Lipinski definition) is 6. The fourth-order valence-corrected chi connectivity index (χ4v) is 3.33. The fraction of sp³-hybridized carbons (Fsp3) is 0.316. The minimum atomic E-state index is -0.244. The molecule has 27 heavy (non-hydrogen) atoms. The van der Waals surface area contributed by atoms with Crippen LogP contribution in [0.4, 0.5) is 10.3 Å². The van der Waals surface area contributed by atoms with Crippen molar-refractivity contribution in [2.24, 2.45) is 0 Å². The number of hydrogen-bond donors (Lipinski definition) is 0. The van der Waals surface area contributed by atoms with Gasteiger partial charge in [-0.2, -0.15) is 4.68 Å². The molecule has 3 aromatic rings. The summed E-state index contributed by atoms with van der Waals surface area (Å²) in [6, 6.07) is 14.5. The van der Waals surface area contributed by atoms with Crippen LogP contribution in [-0.4, -0.2) is 58.4 Å². The Kier molecular flexibility index (Phi) is 4.97. The minimum absolute atomic E-state index is 0.244. The number of nitrogens with zero attached hydrogens (tertiary/aromatic N) is 6. The van der Waals surface area contributed by atoms with E-state index < -0.39 is 0 Å². The van der Waals surface area contributed by atoms with Gasteiger partial charge in [0.15, 0.2) is 0 Å². The van der Waals surface area contributed by atoms with Crippen molar-refractivity contribution in [1.82, 2.24) is 25.1 Å². The standard InChI is InChI=1S/C19H21FN6O/c1-27-18-8-7-16(20)13-15(18)14-24-9-11-25(12-10-24)19-21-22-23-26(19)17-5-3-2-4-6-17/h2-8,13H,9-12,14H2,1H3. The molecule has 8 heteroatoms. The van der Waals surface area contributed by atoms with Crippen molar-refractivity contribution in [3.63, 3.8) is 0 Å². The van der Waals surface area contributed by atoms with Crippen LogP contribution >= 0.6 is 0 Å². The SMILES string of the molecule is COc1ccc(F)cc1CN1CCN(c2nnnn2-c2ccccc2)CC1. The van der Waals surface area contributed by atoms with E-state index in [0.29, 0.717) is 12.3 Å². The summed E-state index contributed by atoms with van der Waals surface area (Å²) in [6.07, 6.45) is 0. The van der Waals surface area contributed by atoms with E-state index >= 15 is 0 Å². The molecule has 2 aromatic carbocycles. The second-order valence-corrected chi connectivity index (χ2v) is 6.45. The first-order valence-corrected chi connectivity index (χ1v) is 8.88. The molecule has 1 aliphatic heterocycles. The minimum Gasteiger partial charge on any atom is -0.496 e. The van der Waals surface area contributed by atoms with Crippen molar-refractivity contribution in [3.05, 3.63) is 59.9 Å². The smallest absolute Gasteiger partial charge is 0.250 e. The summed E-state index contributed by atoms with van der Waals surface area (Å²) in [5.74, 6) is 1.21. The summed E-state index contributed by atoms with van der Waals surface area (Å²) in [5.41, 5.74) is 1.80. The van der Waals surface area contributed by atoms with Crippen molar-refractivity contribution in [3.8, 4) is 11.4 Å². The molecule has 140 valence electrons. The lowest BCUT2D eigenvalue weighted by Crippen LogP contribution is -2.46. The van der Waals surface area contributed by atoms with Crippen molar-refractivity contribution in [1.29, 1.82) is 0 Å². The number of halogens is 1. The van der Waals surface area contributed by atoms with E-state index in [1.165, 1.54) is 6.07 Å². The Labute approximate surface area is 157 Å². The molecule has 0 spiro atoms. The Morgan fingerprint density at radius 3 is 2.56 bits per heavy atom. The number of piperazine rings is 1. The van der Waals surface area contributed by atoms with Crippen LogP contribution in [0.1, 0.15) is 5.56 Å². The quantitative estimate of drug-likeness (QED) is 0.688. The van der Waals surface area contributed by atoms with Gasteiger partial charge in [-0.25, -0.2) is 4.39 Å². The number of aromatic nitrogens is 4. The van der Waals surface area contributed by atoms with Crippen LogP contribution in [0, 0.1) is 5.82 Å². The van der Waals surface area contributed by atoms with E-state index in [9.17, 15) is 4.39 Å². The first-order valence-electron chi connectivity index (χ1n) is 8.88. The van der Waals surface area contributed by atoms with E-state index in [-0.39, 0.29) is 5.82 Å². The van der Waals surface area contributed by atoms with Crippen LogP contribution < -0.4 is 9.64 Å². The fourth-order valence-electron chi connectivity index (χ4n) is 3.33. The molecule has 0 atom stereocenters. The Bertz CT molecular complexity index is 892. The summed E-state index contributed by atoms with van der Waals surface area (Å²) < 4.78 is 20.7. The normalized spacial score (nSPS) is 15.1. The van der Waals surface area contributed by atoms with Gasteiger partial charge in [-0.1, -0.05) is 23.3 Å². The first kappa shape index (κ1) is 17.4. The zero-order chi connectivity index (χ0) is 18.6. The summed E-state index contributed by atoms with van der Waals surface area (Å²) in [6.45, 7) is 3.91. The number of anilines is 1. The van der Waals surface area contributed by atoms with Gasteiger partial charge in [0.1, 0.15) is 11.6 Å². The second-order valence-electron chi connectivity index (χ2n) is 6.45. The van der Waals surface area contributed by atoms with Gasteiger partial charge in [0.2, 0.25) is 5.95 Å². The van der Waals surface area contributed by atoms with E-state index in [1.54, 1.807) is 23.9 Å². The van der Waals surface area contributed by atoms with E-state index in [4.69, 9.17) is 4.74 Å². The first-order chi connectivity index (χ1) is 13.2. The molecule has 1 aromatic heterocycles. The highest BCUT2D eigenvalue weighted by Crippen LogP contribution is 2.23. The molecular formula is C19H21FN6O. The van der Waals surface area contributed by atoms with Crippen molar-refractivity contribution in [2.75, 3.05) is 38.2 Å². The van der Waals surface area contributed by atoms with Gasteiger partial charge in [0.25, 0.3) is 0 Å². The lowest BCUT2D eigenvalue weighted by molar-refractivity contribution is 0.244. The summed E-state index contributed by atoms with van der Waals surface area (Å²) >= 11 is 0. The topological polar surface area (TPSA) is 59.3 Å². The molecular weight excluding hydrogens is 347 g/mol. The molecule has 1 aliphatic rings. The maximum absolute atomic E-state index is 13.6. The lowest BCUT2D eigenvalue weighted by atomic mass is 10.1. The molecule has 1 fully saturated rings. The Hall–Kier alpha value is -3.00. The lowest BCUT2D eigenvalue weighted by Gasteiger charge is -2.35. The van der Waals surface area contributed by atoms with Gasteiger partial charge in [0.05, 0.1) is 12.8 Å². The van der Waals surface area contributed by atoms with E-state index in [0.717, 1.165) is 43.4 Å². The molecule has 0 bridgehead atoms. The number of benzene rings is 2. The highest BCUT2D eigenvalue weighted by atomic mass is 19.1. The van der Waals surface area contributed by atoms with Crippen molar-refractivity contribution >= 4 is 5.95 Å². The summed E-state index contributed by atoms with van der Waals surface area (Å²) in [7, 11) is 1.61. The third-order valence-corrected chi connectivity index (χ3v) is 4.75. The number of tetrazole rings is 1. The second kappa shape index (κ2) is 7.71. The monoisotopic (exact) mass is 368 g/mol. The van der Waals surface area contributed by atoms with Crippen molar-refractivity contribution < 1.29 is 9.13 Å². The third-order valence-electron chi connectivity index (χ3n) is 4.75. The Morgan fingerprint density at radius 1 is 1.04 bits per heavy atom. The molecule has 0 unspecified atom stereocenters. The van der Waals surface area contributed by atoms with Crippen LogP contribution in [0.25, 0.3) is 5.69 Å². The zero-order valence-corrected chi connectivity index (χ0v) is 15.1. The third kappa shape index (κ3) is 3.75. The van der Waals surface area contributed by atoms with Crippen LogP contribution in [0.5, 0.6) is 5.75 Å². The highest BCUT2D eigenvalue weighted by molar-refractivity contribution is 5.41. The number of rotatable bonds is 5. The molecule has 1 saturated heterocycles. The maximum Gasteiger partial charge on any atom is 0.250 e. The molecule has 0 aliphatic carbocycles. The van der Waals surface area contributed by atoms with Gasteiger partial charge in [-0.15, -0.1) is 0 Å². The average Bonchev–Trinajstić information content (AvgIpc) is 3.19. The molecule has 2 heterocycles. The summed E-state index contributed by atoms with van der Waals surface area (Å²) in [5, 5.41) is 12.2. The van der Waals surface area contributed by atoms with Gasteiger partial charge in [-0.05, 0) is 40.8 Å². The van der Waals surface area contributed by atoms with Gasteiger partial charge in [0, 0.05) is 38.3 Å². The Morgan fingerprint density at radius 2 is 1.81 bits per heavy atom. The number of methoxy groups -OCH3 is 1. The van der Waals surface area contributed by atoms with Crippen LogP contribution in [0.2, 0.25) is 0 Å². The molecule has 4 rings (SSSR count). The molecule has 0 radical (unpaired) electrons. The molecule has 0 amide bonds. The van der Waals surface area contributed by atoms with Crippen LogP contribution in [-0.2, 0) is 6.54 Å².